The summed E-state index contributed by atoms with van der Waals surface area (Å²) in [6.07, 6.45) is 2.71. The third-order valence-corrected chi connectivity index (χ3v) is 4.52. The number of hydrogen-bond acceptors (Lipinski definition) is 5. The molecule has 0 bridgehead atoms. The van der Waals surface area contributed by atoms with Crippen molar-refractivity contribution in [3.8, 4) is 5.75 Å². The lowest BCUT2D eigenvalue weighted by Crippen LogP contribution is -2.37. The maximum Gasteiger partial charge on any atom is 0.339 e. The molecule has 7 heteroatoms. The van der Waals surface area contributed by atoms with Gasteiger partial charge in [0.1, 0.15) is 11.3 Å². The molecule has 138 valence electrons. The van der Waals surface area contributed by atoms with Crippen LogP contribution in [0.3, 0.4) is 0 Å². The van der Waals surface area contributed by atoms with Gasteiger partial charge in [0, 0.05) is 23.6 Å². The average molecular weight is 359 g/mol. The SMILES string of the molecule is C[C@H](Oc1ccc2c3c(c(=O)oc2c1)CCCC3)C(=O)NCCC(=O)O. The number of rotatable bonds is 6. The molecule has 0 spiro atoms. The molecule has 1 aromatic heterocycles. The average Bonchev–Trinajstić information content (AvgIpc) is 2.61. The Labute approximate surface area is 150 Å². The summed E-state index contributed by atoms with van der Waals surface area (Å²) in [5.41, 5.74) is 1.97. The lowest BCUT2D eigenvalue weighted by molar-refractivity contribution is -0.137. The molecular weight excluding hydrogens is 338 g/mol. The highest BCUT2D eigenvalue weighted by atomic mass is 16.5. The zero-order valence-electron chi connectivity index (χ0n) is 14.5. The molecule has 0 aliphatic heterocycles. The van der Waals surface area contributed by atoms with Crippen molar-refractivity contribution in [2.75, 3.05) is 6.54 Å². The van der Waals surface area contributed by atoms with Crippen LogP contribution in [0.5, 0.6) is 5.75 Å². The number of aliphatic carboxylic acids is 1. The molecule has 1 aromatic carbocycles. The number of nitrogens with one attached hydrogen (secondary N) is 1. The lowest BCUT2D eigenvalue weighted by atomic mass is 9.91. The van der Waals surface area contributed by atoms with Crippen LogP contribution in [0.2, 0.25) is 0 Å². The summed E-state index contributed by atoms with van der Waals surface area (Å²) in [7, 11) is 0. The zero-order valence-corrected chi connectivity index (χ0v) is 14.5. The Kier molecular flexibility index (Phi) is 5.25. The van der Waals surface area contributed by atoms with Crippen LogP contribution in [0.15, 0.2) is 27.4 Å². The minimum Gasteiger partial charge on any atom is -0.481 e. The van der Waals surface area contributed by atoms with Crippen molar-refractivity contribution >= 4 is 22.8 Å². The minimum absolute atomic E-state index is 0.0423. The van der Waals surface area contributed by atoms with Crippen LogP contribution in [0, 0.1) is 0 Å². The monoisotopic (exact) mass is 359 g/mol. The summed E-state index contributed by atoms with van der Waals surface area (Å²) < 4.78 is 11.0. The van der Waals surface area contributed by atoms with Crippen LogP contribution in [0.25, 0.3) is 11.0 Å². The highest BCUT2D eigenvalue weighted by molar-refractivity contribution is 5.84. The fourth-order valence-corrected chi connectivity index (χ4v) is 3.19. The molecule has 0 fully saturated rings. The number of fused-ring (bicyclic) bond motifs is 3. The molecule has 0 radical (unpaired) electrons. The summed E-state index contributed by atoms with van der Waals surface area (Å²) in [6, 6.07) is 5.22. The standard InChI is InChI=1S/C19H21NO6/c1-11(18(23)20-9-8-17(21)22)25-12-6-7-14-13-4-2-3-5-15(13)19(24)26-16(14)10-12/h6-7,10-11H,2-5,8-9H2,1H3,(H,20,23)(H,21,22)/t11-/m0/s1. The molecule has 3 rings (SSSR count). The van der Waals surface area contributed by atoms with Gasteiger partial charge in [-0.3, -0.25) is 9.59 Å². The predicted molar refractivity (Wildman–Crippen MR) is 94.5 cm³/mol. The summed E-state index contributed by atoms with van der Waals surface area (Å²) in [5.74, 6) is -0.970. The maximum atomic E-state index is 12.2. The van der Waals surface area contributed by atoms with E-state index in [1.54, 1.807) is 19.1 Å². The zero-order chi connectivity index (χ0) is 18.7. The first-order valence-electron chi connectivity index (χ1n) is 8.70. The Balaban J connectivity index is 1.76. The quantitative estimate of drug-likeness (QED) is 0.765. The van der Waals surface area contributed by atoms with Gasteiger partial charge in [0.15, 0.2) is 6.10 Å². The third-order valence-electron chi connectivity index (χ3n) is 4.52. The molecule has 1 aliphatic carbocycles. The van der Waals surface area contributed by atoms with E-state index in [4.69, 9.17) is 14.3 Å². The third kappa shape index (κ3) is 3.87. The second kappa shape index (κ2) is 7.59. The van der Waals surface area contributed by atoms with Gasteiger partial charge in [-0.25, -0.2) is 4.79 Å². The largest absolute Gasteiger partial charge is 0.481 e. The van der Waals surface area contributed by atoms with E-state index in [1.807, 2.05) is 6.07 Å². The number of carbonyl (C=O) groups excluding carboxylic acids is 1. The molecular formula is C19H21NO6. The lowest BCUT2D eigenvalue weighted by Gasteiger charge is -2.17. The number of carbonyl (C=O) groups is 2. The Morgan fingerprint density at radius 3 is 2.73 bits per heavy atom. The van der Waals surface area contributed by atoms with E-state index in [-0.39, 0.29) is 18.6 Å². The van der Waals surface area contributed by atoms with Crippen molar-refractivity contribution in [2.24, 2.45) is 0 Å². The summed E-state index contributed by atoms with van der Waals surface area (Å²) in [4.78, 5) is 34.6. The smallest absolute Gasteiger partial charge is 0.339 e. The van der Waals surface area contributed by atoms with Gasteiger partial charge in [0.05, 0.1) is 6.42 Å². The molecule has 0 unspecified atom stereocenters. The van der Waals surface area contributed by atoms with E-state index < -0.39 is 18.0 Å². The van der Waals surface area contributed by atoms with Crippen LogP contribution < -0.4 is 15.7 Å². The van der Waals surface area contributed by atoms with E-state index in [1.165, 1.54) is 0 Å². The number of carboxylic acids is 1. The van der Waals surface area contributed by atoms with Crippen LogP contribution >= 0.6 is 0 Å². The predicted octanol–water partition coefficient (Wildman–Crippen LogP) is 2.03. The number of carboxylic acid groups (broad SMARTS) is 1. The molecule has 2 N–H and O–H groups in total. The van der Waals surface area contributed by atoms with Crippen LogP contribution in [-0.2, 0) is 22.4 Å². The molecule has 2 aromatic rings. The van der Waals surface area contributed by atoms with E-state index in [2.05, 4.69) is 5.32 Å². The summed E-state index contributed by atoms with van der Waals surface area (Å²) in [5, 5.41) is 12.0. The molecule has 1 aliphatic rings. The first-order chi connectivity index (χ1) is 12.5. The van der Waals surface area contributed by atoms with Crippen LogP contribution in [-0.4, -0.2) is 29.6 Å². The van der Waals surface area contributed by atoms with Gasteiger partial charge < -0.3 is 19.6 Å². The Morgan fingerprint density at radius 1 is 1.27 bits per heavy atom. The van der Waals surface area contributed by atoms with Gasteiger partial charge in [0.2, 0.25) is 0 Å². The molecule has 0 saturated heterocycles. The Morgan fingerprint density at radius 2 is 2.00 bits per heavy atom. The van der Waals surface area contributed by atoms with Crippen molar-refractivity contribution in [2.45, 2.75) is 45.1 Å². The molecule has 7 nitrogen and oxygen atoms in total. The number of benzene rings is 1. The van der Waals surface area contributed by atoms with Crippen LogP contribution in [0.1, 0.15) is 37.3 Å². The van der Waals surface area contributed by atoms with Crippen molar-refractivity contribution < 1.29 is 23.8 Å². The van der Waals surface area contributed by atoms with Gasteiger partial charge in [0.25, 0.3) is 5.91 Å². The number of amides is 1. The summed E-state index contributed by atoms with van der Waals surface area (Å²) >= 11 is 0. The highest BCUT2D eigenvalue weighted by Crippen LogP contribution is 2.29. The van der Waals surface area contributed by atoms with Gasteiger partial charge in [-0.15, -0.1) is 0 Å². The van der Waals surface area contributed by atoms with Gasteiger partial charge in [-0.2, -0.15) is 0 Å². The molecule has 0 saturated carbocycles. The van der Waals surface area contributed by atoms with Crippen molar-refractivity contribution in [3.63, 3.8) is 0 Å². The highest BCUT2D eigenvalue weighted by Gasteiger charge is 2.19. The van der Waals surface area contributed by atoms with Crippen LogP contribution in [0.4, 0.5) is 0 Å². The molecule has 26 heavy (non-hydrogen) atoms. The van der Waals surface area contributed by atoms with E-state index in [0.29, 0.717) is 11.3 Å². The Bertz CT molecular complexity index is 901. The number of ether oxygens (including phenoxy) is 1. The van der Waals surface area contributed by atoms with Gasteiger partial charge >= 0.3 is 11.6 Å². The van der Waals surface area contributed by atoms with Crippen molar-refractivity contribution in [1.29, 1.82) is 0 Å². The van der Waals surface area contributed by atoms with Gasteiger partial charge in [-0.05, 0) is 50.3 Å². The first-order valence-corrected chi connectivity index (χ1v) is 8.70. The summed E-state index contributed by atoms with van der Waals surface area (Å²) in [6.45, 7) is 1.62. The second-order valence-corrected chi connectivity index (χ2v) is 6.41. The fourth-order valence-electron chi connectivity index (χ4n) is 3.19. The maximum absolute atomic E-state index is 12.2. The fraction of sp³-hybridized carbons (Fsp3) is 0.421. The van der Waals surface area contributed by atoms with E-state index >= 15 is 0 Å². The molecule has 1 amide bonds. The number of aryl methyl sites for hydroxylation is 1. The molecule has 1 atom stereocenters. The van der Waals surface area contributed by atoms with Gasteiger partial charge in [-0.1, -0.05) is 0 Å². The molecule has 1 heterocycles. The van der Waals surface area contributed by atoms with Crippen molar-refractivity contribution in [3.05, 3.63) is 39.7 Å². The van der Waals surface area contributed by atoms with Crippen molar-refractivity contribution in [1.82, 2.24) is 5.32 Å². The second-order valence-electron chi connectivity index (χ2n) is 6.41. The topological polar surface area (TPSA) is 106 Å². The normalized spacial score (nSPS) is 14.5. The minimum atomic E-state index is -0.980. The Hall–Kier alpha value is -2.83. The first kappa shape index (κ1) is 18.0. The number of hydrogen-bond donors (Lipinski definition) is 2. The van der Waals surface area contributed by atoms with E-state index in [9.17, 15) is 14.4 Å². The van der Waals surface area contributed by atoms with E-state index in [0.717, 1.165) is 42.2 Å².